The second-order valence-corrected chi connectivity index (χ2v) is 6.69. The number of carbonyl (C=O) groups excluding carboxylic acids is 1. The molecule has 3 heterocycles. The van der Waals surface area contributed by atoms with Crippen LogP contribution in [0.4, 0.5) is 0 Å². The van der Waals surface area contributed by atoms with E-state index in [4.69, 9.17) is 4.52 Å². The summed E-state index contributed by atoms with van der Waals surface area (Å²) < 4.78 is 5.34. The minimum Gasteiger partial charge on any atom is -0.336 e. The molecule has 1 saturated carbocycles. The molecule has 0 bridgehead atoms. The summed E-state index contributed by atoms with van der Waals surface area (Å²) in [5.74, 6) is 0.384. The first-order valence-corrected chi connectivity index (χ1v) is 8.50. The van der Waals surface area contributed by atoms with Gasteiger partial charge in [-0.2, -0.15) is 0 Å². The van der Waals surface area contributed by atoms with Crippen molar-refractivity contribution in [3.8, 4) is 0 Å². The van der Waals surface area contributed by atoms with Crippen molar-refractivity contribution in [1.82, 2.24) is 20.0 Å². The molecule has 6 nitrogen and oxygen atoms in total. The normalized spacial score (nSPS) is 15.3. The summed E-state index contributed by atoms with van der Waals surface area (Å²) in [5.41, 5.74) is 3.74. The second kappa shape index (κ2) is 5.95. The second-order valence-electron chi connectivity index (χ2n) is 6.69. The minimum absolute atomic E-state index is 0.0510. The lowest BCUT2D eigenvalue weighted by Crippen LogP contribution is -2.30. The third kappa shape index (κ3) is 2.77. The number of amides is 1. The van der Waals surface area contributed by atoms with Gasteiger partial charge in [0.2, 0.25) is 0 Å². The summed E-state index contributed by atoms with van der Waals surface area (Å²) >= 11 is 0. The predicted octanol–water partition coefficient (Wildman–Crippen LogP) is 3.64. The minimum atomic E-state index is -0.0664. The third-order valence-corrected chi connectivity index (χ3v) is 4.95. The Morgan fingerprint density at radius 3 is 2.72 bits per heavy atom. The van der Waals surface area contributed by atoms with Crippen LogP contribution in [-0.4, -0.2) is 33.0 Å². The standard InChI is InChI=1S/C19H20N4O2/c1-11-17-15(10-16(14-4-5-14)21-18(17)25-22-11)19(24)23(3)12(2)13-6-8-20-9-7-13/h6-10,12,14H,4-5H2,1-3H3/t12-/m1/s1. The van der Waals surface area contributed by atoms with E-state index in [1.54, 1.807) is 17.3 Å². The summed E-state index contributed by atoms with van der Waals surface area (Å²) in [6, 6.07) is 5.71. The molecular weight excluding hydrogens is 316 g/mol. The van der Waals surface area contributed by atoms with E-state index in [-0.39, 0.29) is 11.9 Å². The van der Waals surface area contributed by atoms with Crippen molar-refractivity contribution >= 4 is 17.0 Å². The molecule has 1 aliphatic carbocycles. The highest BCUT2D eigenvalue weighted by molar-refractivity contribution is 6.06. The van der Waals surface area contributed by atoms with Crippen molar-refractivity contribution in [2.75, 3.05) is 7.05 Å². The number of pyridine rings is 2. The van der Waals surface area contributed by atoms with Gasteiger partial charge >= 0.3 is 0 Å². The number of carbonyl (C=O) groups is 1. The maximum absolute atomic E-state index is 13.2. The molecule has 0 aromatic carbocycles. The smallest absolute Gasteiger partial charge is 0.259 e. The molecular formula is C19H20N4O2. The van der Waals surface area contributed by atoms with Gasteiger partial charge in [0.05, 0.1) is 22.7 Å². The largest absolute Gasteiger partial charge is 0.336 e. The molecule has 0 spiro atoms. The lowest BCUT2D eigenvalue weighted by molar-refractivity contribution is 0.0744. The van der Waals surface area contributed by atoms with Crippen molar-refractivity contribution in [2.24, 2.45) is 0 Å². The highest BCUT2D eigenvalue weighted by Gasteiger charge is 2.30. The monoisotopic (exact) mass is 336 g/mol. The van der Waals surface area contributed by atoms with Gasteiger partial charge in [-0.1, -0.05) is 5.16 Å². The van der Waals surface area contributed by atoms with Gasteiger partial charge in [0.15, 0.2) is 0 Å². The van der Waals surface area contributed by atoms with Crippen molar-refractivity contribution in [2.45, 2.75) is 38.6 Å². The van der Waals surface area contributed by atoms with Gasteiger partial charge in [0.25, 0.3) is 11.6 Å². The van der Waals surface area contributed by atoms with Gasteiger partial charge in [0, 0.05) is 31.1 Å². The van der Waals surface area contributed by atoms with E-state index in [9.17, 15) is 4.79 Å². The van der Waals surface area contributed by atoms with Crippen LogP contribution in [0, 0.1) is 6.92 Å². The summed E-state index contributed by atoms with van der Waals surface area (Å²) in [7, 11) is 1.82. The van der Waals surface area contributed by atoms with Crippen LogP contribution in [-0.2, 0) is 0 Å². The van der Waals surface area contributed by atoms with Crippen LogP contribution >= 0.6 is 0 Å². The Labute approximate surface area is 145 Å². The zero-order valence-electron chi connectivity index (χ0n) is 14.6. The molecule has 3 aromatic rings. The molecule has 25 heavy (non-hydrogen) atoms. The summed E-state index contributed by atoms with van der Waals surface area (Å²) in [5, 5.41) is 4.72. The van der Waals surface area contributed by atoms with Crippen LogP contribution in [0.15, 0.2) is 35.1 Å². The SMILES string of the molecule is Cc1noc2nc(C3CC3)cc(C(=O)N(C)[C@H](C)c3ccncc3)c12. The number of aryl methyl sites for hydroxylation is 1. The first-order valence-electron chi connectivity index (χ1n) is 8.50. The van der Waals surface area contributed by atoms with Crippen molar-refractivity contribution in [1.29, 1.82) is 0 Å². The molecule has 0 unspecified atom stereocenters. The van der Waals surface area contributed by atoms with Gasteiger partial charge in [-0.15, -0.1) is 0 Å². The zero-order valence-corrected chi connectivity index (χ0v) is 14.6. The molecule has 128 valence electrons. The first kappa shape index (κ1) is 15.7. The number of hydrogen-bond acceptors (Lipinski definition) is 5. The lowest BCUT2D eigenvalue weighted by Gasteiger charge is -2.25. The predicted molar refractivity (Wildman–Crippen MR) is 93.3 cm³/mol. The van der Waals surface area contributed by atoms with E-state index in [0.717, 1.165) is 24.1 Å². The molecule has 1 amide bonds. The Balaban J connectivity index is 1.75. The molecule has 0 aliphatic heterocycles. The molecule has 0 N–H and O–H groups in total. The van der Waals surface area contributed by atoms with Crippen LogP contribution in [0.5, 0.6) is 0 Å². The quantitative estimate of drug-likeness (QED) is 0.727. The Bertz CT molecular complexity index is 931. The van der Waals surface area contributed by atoms with E-state index < -0.39 is 0 Å². The van der Waals surface area contributed by atoms with E-state index in [0.29, 0.717) is 28.3 Å². The summed E-state index contributed by atoms with van der Waals surface area (Å²) in [4.78, 5) is 23.6. The first-order chi connectivity index (χ1) is 12.1. The van der Waals surface area contributed by atoms with E-state index >= 15 is 0 Å². The van der Waals surface area contributed by atoms with Crippen LogP contribution in [0.3, 0.4) is 0 Å². The molecule has 0 radical (unpaired) electrons. The fraction of sp³-hybridized carbons (Fsp3) is 0.368. The molecule has 3 aromatic heterocycles. The van der Waals surface area contributed by atoms with E-state index in [1.165, 1.54) is 0 Å². The highest BCUT2D eigenvalue weighted by atomic mass is 16.5. The lowest BCUT2D eigenvalue weighted by atomic mass is 10.0. The maximum atomic E-state index is 13.2. The maximum Gasteiger partial charge on any atom is 0.259 e. The van der Waals surface area contributed by atoms with Crippen LogP contribution < -0.4 is 0 Å². The number of rotatable bonds is 4. The Hall–Kier alpha value is -2.76. The zero-order chi connectivity index (χ0) is 17.6. The summed E-state index contributed by atoms with van der Waals surface area (Å²) in [6.45, 7) is 3.85. The van der Waals surface area contributed by atoms with Gasteiger partial charge in [-0.05, 0) is 50.5 Å². The average molecular weight is 336 g/mol. The molecule has 1 fully saturated rings. The van der Waals surface area contributed by atoms with Crippen LogP contribution in [0.25, 0.3) is 11.1 Å². The van der Waals surface area contributed by atoms with Crippen LogP contribution in [0.2, 0.25) is 0 Å². The topological polar surface area (TPSA) is 72.1 Å². The van der Waals surface area contributed by atoms with Crippen molar-refractivity contribution < 1.29 is 9.32 Å². The van der Waals surface area contributed by atoms with Crippen molar-refractivity contribution in [3.63, 3.8) is 0 Å². The van der Waals surface area contributed by atoms with Crippen molar-refractivity contribution in [3.05, 3.63) is 53.1 Å². The van der Waals surface area contributed by atoms with Crippen LogP contribution in [0.1, 0.15) is 59.0 Å². The van der Waals surface area contributed by atoms with Gasteiger partial charge in [-0.25, -0.2) is 4.98 Å². The highest BCUT2D eigenvalue weighted by Crippen LogP contribution is 2.40. The average Bonchev–Trinajstić information content (AvgIpc) is 3.43. The number of aromatic nitrogens is 3. The molecule has 0 saturated heterocycles. The van der Waals surface area contributed by atoms with Gasteiger partial charge < -0.3 is 9.42 Å². The number of nitrogens with zero attached hydrogens (tertiary/aromatic N) is 4. The molecule has 4 rings (SSSR count). The fourth-order valence-corrected chi connectivity index (χ4v) is 3.10. The third-order valence-electron chi connectivity index (χ3n) is 4.95. The van der Waals surface area contributed by atoms with E-state index in [1.807, 2.05) is 39.1 Å². The molecule has 6 heteroatoms. The molecule has 1 aliphatic rings. The summed E-state index contributed by atoms with van der Waals surface area (Å²) in [6.07, 6.45) is 5.71. The Morgan fingerprint density at radius 1 is 1.32 bits per heavy atom. The Morgan fingerprint density at radius 2 is 2.04 bits per heavy atom. The number of hydrogen-bond donors (Lipinski definition) is 0. The van der Waals surface area contributed by atoms with Gasteiger partial charge in [0.1, 0.15) is 0 Å². The Kier molecular flexibility index (Phi) is 3.75. The molecule has 1 atom stereocenters. The number of fused-ring (bicyclic) bond motifs is 1. The fourth-order valence-electron chi connectivity index (χ4n) is 3.10. The van der Waals surface area contributed by atoms with Gasteiger partial charge in [-0.3, -0.25) is 9.78 Å². The van der Waals surface area contributed by atoms with E-state index in [2.05, 4.69) is 15.1 Å².